The number of carbonyl (C=O) groups excluding carboxylic acids is 4. The van der Waals surface area contributed by atoms with Gasteiger partial charge in [-0.25, -0.2) is 17.6 Å². The van der Waals surface area contributed by atoms with Crippen molar-refractivity contribution in [3.8, 4) is 11.5 Å². The lowest BCUT2D eigenvalue weighted by Crippen LogP contribution is -2.59. The number of amides is 2. The van der Waals surface area contributed by atoms with Gasteiger partial charge in [-0.15, -0.1) is 0 Å². The van der Waals surface area contributed by atoms with E-state index in [1.807, 2.05) is 13.8 Å². The average molecular weight is 921 g/mol. The van der Waals surface area contributed by atoms with E-state index in [-0.39, 0.29) is 71.4 Å². The Morgan fingerprint density at radius 1 is 0.606 bits per heavy atom. The first-order valence-electron chi connectivity index (χ1n) is 21.8. The number of hydrogen-bond acceptors (Lipinski definition) is 10. The molecule has 2 amide bonds. The maximum atomic E-state index is 13.9. The number of halogens is 4. The molecule has 0 bridgehead atoms. The summed E-state index contributed by atoms with van der Waals surface area (Å²) in [7, 11) is 3.10. The van der Waals surface area contributed by atoms with Gasteiger partial charge in [0.05, 0.1) is 35.1 Å². The van der Waals surface area contributed by atoms with Crippen molar-refractivity contribution in [1.82, 2.24) is 19.8 Å². The Morgan fingerprint density at radius 3 is 1.32 bits per heavy atom. The van der Waals surface area contributed by atoms with Crippen LogP contribution in [0.1, 0.15) is 131 Å². The van der Waals surface area contributed by atoms with E-state index < -0.39 is 79.5 Å². The van der Waals surface area contributed by atoms with Gasteiger partial charge in [0, 0.05) is 63.0 Å². The summed E-state index contributed by atoms with van der Waals surface area (Å²) in [4.78, 5) is 78.2. The molecule has 18 heteroatoms. The van der Waals surface area contributed by atoms with Gasteiger partial charge in [0.15, 0.2) is 23.1 Å². The minimum atomic E-state index is -0.978. The van der Waals surface area contributed by atoms with E-state index in [0.29, 0.717) is 37.8 Å². The number of Topliss-reactive ketones (excluding diaryl/α,β-unsaturated/α-hetero) is 2. The molecular formula is C48H52F4N4O10. The maximum Gasteiger partial charge on any atom is 0.257 e. The van der Waals surface area contributed by atoms with Gasteiger partial charge < -0.3 is 39.5 Å². The van der Waals surface area contributed by atoms with Crippen molar-refractivity contribution in [2.75, 3.05) is 14.2 Å². The van der Waals surface area contributed by atoms with Gasteiger partial charge in [-0.1, -0.05) is 50.7 Å². The van der Waals surface area contributed by atoms with Crippen LogP contribution < -0.4 is 21.5 Å². The summed E-state index contributed by atoms with van der Waals surface area (Å²) in [5.74, 6) is -7.18. The Bertz CT molecular complexity index is 2570. The smallest absolute Gasteiger partial charge is 0.257 e. The molecule has 0 saturated heterocycles. The van der Waals surface area contributed by atoms with E-state index >= 15 is 0 Å². The quantitative estimate of drug-likeness (QED) is 0.139. The van der Waals surface area contributed by atoms with Crippen LogP contribution in [-0.4, -0.2) is 68.1 Å². The number of hydrogen-bond donors (Lipinski definition) is 4. The predicted octanol–water partition coefficient (Wildman–Crippen LogP) is 6.63. The number of ketones is 2. The second-order valence-electron chi connectivity index (χ2n) is 18.1. The second kappa shape index (κ2) is 18.3. The summed E-state index contributed by atoms with van der Waals surface area (Å²) in [5.41, 5.74) is -6.38. The lowest BCUT2D eigenvalue weighted by atomic mass is 9.64. The molecule has 14 nitrogen and oxygen atoms in total. The Morgan fingerprint density at radius 2 is 0.970 bits per heavy atom. The fourth-order valence-electron chi connectivity index (χ4n) is 10.4. The Labute approximate surface area is 376 Å². The molecule has 4 aromatic rings. The van der Waals surface area contributed by atoms with Crippen LogP contribution in [0.2, 0.25) is 0 Å². The largest absolute Gasteiger partial charge is 0.503 e. The standard InChI is InChI=1S/2C24H26F2N2O5/c2*1-23-8-4-3-5-9-24(23,33-2)13-28-12-16(19(29)20(30)18(28)21(23)31)22(32)27-11-14-6-7-15(25)10-17(14)26/h2*6-7,10,12,30H,3-5,8-9,11,13H2,1-2H3,(H,27,32)/t2*23-,24-/m10/s1. The molecule has 4 aliphatic rings. The number of aromatic hydroxyl groups is 2. The van der Waals surface area contributed by atoms with Gasteiger partial charge in [-0.3, -0.25) is 28.8 Å². The first-order valence-corrected chi connectivity index (χ1v) is 21.8. The molecule has 66 heavy (non-hydrogen) atoms. The van der Waals surface area contributed by atoms with E-state index in [4.69, 9.17) is 9.47 Å². The van der Waals surface area contributed by atoms with E-state index in [2.05, 4.69) is 10.6 Å². The monoisotopic (exact) mass is 920 g/mol. The molecule has 4 N–H and O–H groups in total. The van der Waals surface area contributed by atoms with Gasteiger partial charge in [-0.05, 0) is 51.7 Å². The lowest BCUT2D eigenvalue weighted by Gasteiger charge is -2.50. The number of nitrogens with zero attached hydrogens (tertiary/aromatic N) is 2. The van der Waals surface area contributed by atoms with Gasteiger partial charge >= 0.3 is 0 Å². The van der Waals surface area contributed by atoms with Crippen molar-refractivity contribution in [3.63, 3.8) is 0 Å². The Balaban J connectivity index is 0.000000196. The van der Waals surface area contributed by atoms with Crippen LogP contribution in [0.5, 0.6) is 11.5 Å². The van der Waals surface area contributed by atoms with Crippen LogP contribution in [-0.2, 0) is 35.7 Å². The number of fused-ring (bicyclic) bond motifs is 4. The van der Waals surface area contributed by atoms with Crippen molar-refractivity contribution in [2.24, 2.45) is 10.8 Å². The van der Waals surface area contributed by atoms with Crippen LogP contribution in [0.3, 0.4) is 0 Å². The molecule has 2 aliphatic carbocycles. The Kier molecular flexibility index (Phi) is 13.2. The molecule has 0 radical (unpaired) electrons. The van der Waals surface area contributed by atoms with Gasteiger partial charge in [0.2, 0.25) is 10.9 Å². The molecular weight excluding hydrogens is 869 g/mol. The maximum absolute atomic E-state index is 13.9. The summed E-state index contributed by atoms with van der Waals surface area (Å²) in [6.45, 7) is 3.45. The molecule has 2 aromatic heterocycles. The molecule has 2 aromatic carbocycles. The first-order chi connectivity index (χ1) is 31.3. The highest BCUT2D eigenvalue weighted by atomic mass is 19.1. The third-order valence-electron chi connectivity index (χ3n) is 14.5. The minimum absolute atomic E-state index is 0.0368. The number of aromatic nitrogens is 2. The number of rotatable bonds is 8. The fraction of sp³-hybridized carbons (Fsp3) is 0.458. The highest BCUT2D eigenvalue weighted by molar-refractivity contribution is 6.05. The van der Waals surface area contributed by atoms with Crippen molar-refractivity contribution in [3.05, 3.63) is 126 Å². The van der Waals surface area contributed by atoms with E-state index in [9.17, 15) is 56.5 Å². The molecule has 2 aliphatic heterocycles. The van der Waals surface area contributed by atoms with Crippen molar-refractivity contribution < 1.29 is 56.4 Å². The zero-order valence-corrected chi connectivity index (χ0v) is 37.1. The van der Waals surface area contributed by atoms with Crippen LogP contribution in [0.4, 0.5) is 17.6 Å². The van der Waals surface area contributed by atoms with Crippen molar-refractivity contribution in [1.29, 1.82) is 0 Å². The number of ether oxygens (including phenoxy) is 2. The molecule has 2 fully saturated rings. The summed E-state index contributed by atoms with van der Waals surface area (Å²) in [6.07, 6.45) is 10.2. The van der Waals surface area contributed by atoms with Crippen LogP contribution in [0.15, 0.2) is 58.4 Å². The van der Waals surface area contributed by atoms with Crippen LogP contribution in [0.25, 0.3) is 0 Å². The zero-order valence-electron chi connectivity index (χ0n) is 37.1. The van der Waals surface area contributed by atoms with Gasteiger partial charge in [0.25, 0.3) is 11.8 Å². The molecule has 8 rings (SSSR count). The van der Waals surface area contributed by atoms with Crippen LogP contribution in [0, 0.1) is 34.1 Å². The number of methoxy groups -OCH3 is 2. The average Bonchev–Trinajstić information content (AvgIpc) is 3.57. The van der Waals surface area contributed by atoms with E-state index in [1.165, 1.54) is 33.7 Å². The van der Waals surface area contributed by atoms with Gasteiger partial charge in [-0.2, -0.15) is 0 Å². The number of carbonyl (C=O) groups is 4. The Hall–Kier alpha value is -6.14. The SMILES string of the molecule is CO[C@@]12CCCCC[C@]1(C)C(=O)c1c(O)c(=O)c(C(=O)NCc3ccc(F)cc3F)cn1C2.CO[C@]12CCCCC[C@@]1(C)C(=O)c1c(O)c(=O)c(C(=O)NCc3ccc(F)cc3F)cn1C2. The van der Waals surface area contributed by atoms with Gasteiger partial charge in [0.1, 0.15) is 45.8 Å². The van der Waals surface area contributed by atoms with Crippen molar-refractivity contribution in [2.45, 2.75) is 115 Å². The third kappa shape index (κ3) is 8.11. The first kappa shape index (κ1) is 47.8. The predicted molar refractivity (Wildman–Crippen MR) is 230 cm³/mol. The summed E-state index contributed by atoms with van der Waals surface area (Å²) < 4.78 is 68.6. The zero-order chi connectivity index (χ0) is 47.9. The molecule has 4 atom stereocenters. The topological polar surface area (TPSA) is 195 Å². The molecule has 2 saturated carbocycles. The number of benzene rings is 2. The fourth-order valence-corrected chi connectivity index (χ4v) is 10.4. The lowest BCUT2D eigenvalue weighted by molar-refractivity contribution is -0.112. The van der Waals surface area contributed by atoms with E-state index in [1.54, 1.807) is 14.2 Å². The summed E-state index contributed by atoms with van der Waals surface area (Å²) in [6, 6.07) is 5.89. The third-order valence-corrected chi connectivity index (χ3v) is 14.5. The summed E-state index contributed by atoms with van der Waals surface area (Å²) >= 11 is 0. The molecule has 4 heterocycles. The molecule has 0 unspecified atom stereocenters. The molecule has 0 spiro atoms. The highest BCUT2D eigenvalue weighted by Crippen LogP contribution is 2.53. The molecule has 352 valence electrons. The van der Waals surface area contributed by atoms with E-state index in [0.717, 1.165) is 50.7 Å². The van der Waals surface area contributed by atoms with Crippen molar-refractivity contribution >= 4 is 23.4 Å². The summed E-state index contributed by atoms with van der Waals surface area (Å²) in [5, 5.41) is 26.2. The minimum Gasteiger partial charge on any atom is -0.503 e. The number of pyridine rings is 2. The highest BCUT2D eigenvalue weighted by Gasteiger charge is 2.59. The van der Waals surface area contributed by atoms with Crippen LogP contribution >= 0.6 is 0 Å². The second-order valence-corrected chi connectivity index (χ2v) is 18.1. The number of nitrogens with one attached hydrogen (secondary N) is 2. The normalized spacial score (nSPS) is 24.5.